The van der Waals surface area contributed by atoms with E-state index in [0.717, 1.165) is 4.47 Å². The van der Waals surface area contributed by atoms with Crippen LogP contribution in [0.3, 0.4) is 0 Å². The molecule has 1 unspecified atom stereocenters. The molecule has 0 spiro atoms. The molecule has 24 heavy (non-hydrogen) atoms. The number of thiazole rings is 1. The van der Waals surface area contributed by atoms with Crippen molar-refractivity contribution in [3.05, 3.63) is 39.8 Å². The second kappa shape index (κ2) is 8.79. The van der Waals surface area contributed by atoms with Crippen molar-refractivity contribution < 1.29 is 19.1 Å². The Balaban J connectivity index is 1.88. The third-order valence-corrected chi connectivity index (χ3v) is 4.24. The molecule has 1 aromatic heterocycles. The summed E-state index contributed by atoms with van der Waals surface area (Å²) in [6, 6.07) is 7.22. The minimum Gasteiger partial charge on any atom is -0.481 e. The number of carbonyl (C=O) groups is 2. The maximum atomic E-state index is 12.1. The first-order valence-electron chi connectivity index (χ1n) is 7.31. The van der Waals surface area contributed by atoms with Crippen molar-refractivity contribution in [2.24, 2.45) is 0 Å². The van der Waals surface area contributed by atoms with Gasteiger partial charge < -0.3 is 9.47 Å². The predicted molar refractivity (Wildman–Crippen MR) is 95.3 cm³/mol. The van der Waals surface area contributed by atoms with Crippen molar-refractivity contribution in [1.29, 1.82) is 0 Å². The molecule has 128 valence electrons. The molecule has 2 rings (SSSR count). The number of hydrogen-bond donors (Lipinski definition) is 1. The van der Waals surface area contributed by atoms with Crippen LogP contribution in [0.25, 0.3) is 0 Å². The van der Waals surface area contributed by atoms with Crippen LogP contribution >= 0.6 is 27.3 Å². The molecular weight excluding hydrogens is 396 g/mol. The van der Waals surface area contributed by atoms with Crippen LogP contribution in [-0.4, -0.2) is 29.6 Å². The number of hydrogen-bond acceptors (Lipinski definition) is 6. The molecule has 1 atom stereocenters. The molecule has 0 saturated carbocycles. The number of nitrogens with zero attached hydrogens (tertiary/aromatic N) is 1. The van der Waals surface area contributed by atoms with Gasteiger partial charge in [-0.25, -0.2) is 4.98 Å². The van der Waals surface area contributed by atoms with Crippen LogP contribution in [0.4, 0.5) is 5.13 Å². The number of ether oxygens (including phenoxy) is 2. The monoisotopic (exact) mass is 412 g/mol. The summed E-state index contributed by atoms with van der Waals surface area (Å²) in [5.74, 6) is -0.0504. The fourth-order valence-electron chi connectivity index (χ4n) is 1.78. The smallest absolute Gasteiger partial charge is 0.311 e. The van der Waals surface area contributed by atoms with E-state index in [-0.39, 0.29) is 18.3 Å². The fraction of sp³-hybridized carbons (Fsp3) is 0.312. The zero-order chi connectivity index (χ0) is 17.5. The molecule has 6 nitrogen and oxygen atoms in total. The van der Waals surface area contributed by atoms with E-state index in [0.29, 0.717) is 23.2 Å². The SMILES string of the molecule is CCOC(=O)Cc1csc(NC(=O)C(C)Oc2ccc(Br)cc2)n1. The molecule has 1 aromatic carbocycles. The Kier molecular flexibility index (Phi) is 6.74. The summed E-state index contributed by atoms with van der Waals surface area (Å²) < 4.78 is 11.4. The molecule has 0 bridgehead atoms. The number of halogens is 1. The molecule has 0 radical (unpaired) electrons. The van der Waals surface area contributed by atoms with Crippen LogP contribution in [0.15, 0.2) is 34.1 Å². The lowest BCUT2D eigenvalue weighted by atomic mass is 10.3. The van der Waals surface area contributed by atoms with E-state index in [2.05, 4.69) is 26.2 Å². The molecule has 2 aromatic rings. The summed E-state index contributed by atoms with van der Waals surface area (Å²) in [6.07, 6.45) is -0.589. The summed E-state index contributed by atoms with van der Waals surface area (Å²) in [5, 5.41) is 4.82. The highest BCUT2D eigenvalue weighted by Gasteiger charge is 2.17. The van der Waals surface area contributed by atoms with Gasteiger partial charge in [0.25, 0.3) is 5.91 Å². The Hall–Kier alpha value is -1.93. The van der Waals surface area contributed by atoms with Gasteiger partial charge in [-0.3, -0.25) is 14.9 Å². The van der Waals surface area contributed by atoms with Crippen LogP contribution in [0.1, 0.15) is 19.5 Å². The standard InChI is InChI=1S/C16H17BrN2O4S/c1-3-22-14(20)8-12-9-24-16(18-12)19-15(21)10(2)23-13-6-4-11(17)5-7-13/h4-7,9-10H,3,8H2,1-2H3,(H,18,19,21). The van der Waals surface area contributed by atoms with Gasteiger partial charge in [0, 0.05) is 9.85 Å². The molecule has 0 aliphatic carbocycles. The highest BCUT2D eigenvalue weighted by Crippen LogP contribution is 2.19. The fourth-order valence-corrected chi connectivity index (χ4v) is 2.76. The predicted octanol–water partition coefficient (Wildman–Crippen LogP) is 3.42. The van der Waals surface area contributed by atoms with E-state index < -0.39 is 6.10 Å². The van der Waals surface area contributed by atoms with E-state index in [1.807, 2.05) is 12.1 Å². The Morgan fingerprint density at radius 2 is 2.04 bits per heavy atom. The Morgan fingerprint density at radius 3 is 2.71 bits per heavy atom. The third-order valence-electron chi connectivity index (χ3n) is 2.91. The number of esters is 1. The van der Waals surface area contributed by atoms with Gasteiger partial charge in [0.1, 0.15) is 5.75 Å². The van der Waals surface area contributed by atoms with Gasteiger partial charge in [-0.05, 0) is 38.1 Å². The van der Waals surface area contributed by atoms with Gasteiger partial charge in [-0.2, -0.15) is 0 Å². The van der Waals surface area contributed by atoms with Crippen LogP contribution in [-0.2, 0) is 20.7 Å². The first-order valence-corrected chi connectivity index (χ1v) is 8.98. The highest BCUT2D eigenvalue weighted by atomic mass is 79.9. The average molecular weight is 413 g/mol. The number of amides is 1. The number of anilines is 1. The van der Waals surface area contributed by atoms with E-state index in [1.165, 1.54) is 11.3 Å². The van der Waals surface area contributed by atoms with Crippen LogP contribution in [0, 0.1) is 0 Å². The Bertz CT molecular complexity index is 702. The largest absolute Gasteiger partial charge is 0.481 e. The first-order chi connectivity index (χ1) is 11.5. The molecule has 0 saturated heterocycles. The molecule has 1 N–H and O–H groups in total. The second-order valence-corrected chi connectivity index (χ2v) is 6.60. The second-order valence-electron chi connectivity index (χ2n) is 4.83. The lowest BCUT2D eigenvalue weighted by molar-refractivity contribution is -0.142. The third kappa shape index (κ3) is 5.61. The molecule has 0 fully saturated rings. The van der Waals surface area contributed by atoms with Gasteiger partial charge in [0.15, 0.2) is 11.2 Å². The number of carbonyl (C=O) groups excluding carboxylic acids is 2. The first kappa shape index (κ1) is 18.4. The normalized spacial score (nSPS) is 11.6. The lowest BCUT2D eigenvalue weighted by Gasteiger charge is -2.13. The topological polar surface area (TPSA) is 77.5 Å². The van der Waals surface area contributed by atoms with Crippen LogP contribution in [0.5, 0.6) is 5.75 Å². The minimum absolute atomic E-state index is 0.0884. The quantitative estimate of drug-likeness (QED) is 0.704. The van der Waals surface area contributed by atoms with Crippen molar-refractivity contribution in [3.63, 3.8) is 0 Å². The molecule has 1 heterocycles. The summed E-state index contributed by atoms with van der Waals surface area (Å²) in [5.41, 5.74) is 0.565. The van der Waals surface area contributed by atoms with Crippen molar-refractivity contribution in [1.82, 2.24) is 4.98 Å². The number of nitrogens with one attached hydrogen (secondary N) is 1. The van der Waals surface area contributed by atoms with Crippen molar-refractivity contribution in [3.8, 4) is 5.75 Å². The van der Waals surface area contributed by atoms with Crippen molar-refractivity contribution in [2.45, 2.75) is 26.4 Å². The Labute approximate surface area is 152 Å². The molecule has 0 aliphatic rings. The van der Waals surface area contributed by atoms with E-state index >= 15 is 0 Å². The van der Waals surface area contributed by atoms with E-state index in [4.69, 9.17) is 9.47 Å². The number of rotatable bonds is 7. The van der Waals surface area contributed by atoms with Crippen LogP contribution in [0.2, 0.25) is 0 Å². The van der Waals surface area contributed by atoms with Gasteiger partial charge in [-0.15, -0.1) is 11.3 Å². The summed E-state index contributed by atoms with van der Waals surface area (Å²) in [6.45, 7) is 3.74. The Morgan fingerprint density at radius 1 is 1.33 bits per heavy atom. The van der Waals surface area contributed by atoms with Crippen molar-refractivity contribution in [2.75, 3.05) is 11.9 Å². The van der Waals surface area contributed by atoms with Gasteiger partial charge >= 0.3 is 5.97 Å². The minimum atomic E-state index is -0.677. The zero-order valence-electron chi connectivity index (χ0n) is 13.2. The van der Waals surface area contributed by atoms with Gasteiger partial charge in [0.2, 0.25) is 0 Å². The number of aromatic nitrogens is 1. The van der Waals surface area contributed by atoms with E-state index in [1.54, 1.807) is 31.4 Å². The molecular formula is C16H17BrN2O4S. The highest BCUT2D eigenvalue weighted by molar-refractivity contribution is 9.10. The molecule has 8 heteroatoms. The maximum Gasteiger partial charge on any atom is 0.311 e. The van der Waals surface area contributed by atoms with Gasteiger partial charge in [-0.1, -0.05) is 15.9 Å². The maximum absolute atomic E-state index is 12.1. The summed E-state index contributed by atoms with van der Waals surface area (Å²) >= 11 is 4.59. The van der Waals surface area contributed by atoms with Crippen molar-refractivity contribution >= 4 is 44.3 Å². The zero-order valence-corrected chi connectivity index (χ0v) is 15.6. The average Bonchev–Trinajstić information content (AvgIpc) is 2.96. The molecule has 1 amide bonds. The van der Waals surface area contributed by atoms with Crippen LogP contribution < -0.4 is 10.1 Å². The van der Waals surface area contributed by atoms with Gasteiger partial charge in [0.05, 0.1) is 18.7 Å². The van der Waals surface area contributed by atoms with E-state index in [9.17, 15) is 9.59 Å². The molecule has 0 aliphatic heterocycles. The number of benzene rings is 1. The summed E-state index contributed by atoms with van der Waals surface area (Å²) in [4.78, 5) is 27.8. The lowest BCUT2D eigenvalue weighted by Crippen LogP contribution is -2.30. The summed E-state index contributed by atoms with van der Waals surface area (Å²) in [7, 11) is 0.